The average molecular weight is 271 g/mol. The van der Waals surface area contributed by atoms with Crippen LogP contribution >= 0.6 is 8.18 Å². The van der Waals surface area contributed by atoms with Crippen LogP contribution in [0, 0.1) is 0 Å². The molecule has 1 aromatic carbocycles. The Morgan fingerprint density at radius 3 is 2.39 bits per heavy atom. The molecular formula is C12H18NO4P. The molecule has 0 aromatic heterocycles. The first-order valence-corrected chi connectivity index (χ1v) is 7.04. The van der Waals surface area contributed by atoms with Crippen molar-refractivity contribution in [3.63, 3.8) is 0 Å². The van der Waals surface area contributed by atoms with Crippen molar-refractivity contribution in [2.45, 2.75) is 32.9 Å². The van der Waals surface area contributed by atoms with Gasteiger partial charge in [-0.25, -0.2) is 5.09 Å². The third-order valence-electron chi connectivity index (χ3n) is 1.99. The van der Waals surface area contributed by atoms with Crippen molar-refractivity contribution < 1.29 is 18.6 Å². The number of nitrogens with one attached hydrogen (secondary N) is 1. The van der Waals surface area contributed by atoms with E-state index in [-0.39, 0.29) is 6.10 Å². The first-order chi connectivity index (χ1) is 8.49. The average Bonchev–Trinajstić information content (AvgIpc) is 2.29. The van der Waals surface area contributed by atoms with Gasteiger partial charge in [0, 0.05) is 0 Å². The molecule has 0 radical (unpaired) electrons. The molecular weight excluding hydrogens is 253 g/mol. The minimum Gasteiger partial charge on any atom is -0.462 e. The molecule has 0 aliphatic carbocycles. The summed E-state index contributed by atoms with van der Waals surface area (Å²) in [6.45, 7) is 5.10. The molecule has 0 saturated heterocycles. The number of rotatable bonds is 6. The van der Waals surface area contributed by atoms with E-state index in [0.717, 1.165) is 0 Å². The molecule has 0 amide bonds. The maximum absolute atomic E-state index is 11.7. The standard InChI is InChI=1S/C12H18NO4P/c1-9(2)16-12(14)10(3)13-18(15)17-11-7-5-4-6-8-11/h4-10,18H,1-3H3,(H,13,15)/t10-/m1/s1. The molecule has 0 heterocycles. The summed E-state index contributed by atoms with van der Waals surface area (Å²) in [5.74, 6) is 0.0540. The van der Waals surface area contributed by atoms with Gasteiger partial charge in [-0.05, 0) is 32.9 Å². The molecule has 5 nitrogen and oxygen atoms in total. The topological polar surface area (TPSA) is 64.6 Å². The van der Waals surface area contributed by atoms with Gasteiger partial charge in [0.05, 0.1) is 6.10 Å². The molecule has 6 heteroatoms. The summed E-state index contributed by atoms with van der Waals surface area (Å²) >= 11 is 0. The number of carbonyl (C=O) groups excluding carboxylic acids is 1. The Morgan fingerprint density at radius 2 is 1.83 bits per heavy atom. The van der Waals surface area contributed by atoms with Gasteiger partial charge in [0.25, 0.3) is 0 Å². The lowest BCUT2D eigenvalue weighted by Gasteiger charge is -2.15. The normalized spacial score (nSPS) is 14.0. The van der Waals surface area contributed by atoms with Gasteiger partial charge in [-0.1, -0.05) is 18.2 Å². The molecule has 100 valence electrons. The Hall–Kier alpha value is -1.32. The van der Waals surface area contributed by atoms with E-state index in [9.17, 15) is 9.36 Å². The summed E-state index contributed by atoms with van der Waals surface area (Å²) in [6.07, 6.45) is -0.195. The van der Waals surface area contributed by atoms with Gasteiger partial charge in [-0.2, -0.15) is 0 Å². The second kappa shape index (κ2) is 7.19. The zero-order valence-corrected chi connectivity index (χ0v) is 11.7. The summed E-state index contributed by atoms with van der Waals surface area (Å²) in [5.41, 5.74) is 0. The SMILES string of the molecule is CC(C)OC(=O)[C@@H](C)N[PH](=O)Oc1ccccc1. The Balaban J connectivity index is 2.43. The van der Waals surface area contributed by atoms with Gasteiger partial charge < -0.3 is 9.26 Å². The van der Waals surface area contributed by atoms with Gasteiger partial charge in [-0.15, -0.1) is 0 Å². The van der Waals surface area contributed by atoms with E-state index in [0.29, 0.717) is 5.75 Å². The van der Waals surface area contributed by atoms with E-state index in [1.165, 1.54) is 0 Å². The number of ether oxygens (including phenoxy) is 1. The second-order valence-electron chi connectivity index (χ2n) is 4.05. The van der Waals surface area contributed by atoms with Crippen molar-refractivity contribution in [1.82, 2.24) is 5.09 Å². The van der Waals surface area contributed by atoms with Gasteiger partial charge in [0.15, 0.2) is 0 Å². The van der Waals surface area contributed by atoms with Crippen LogP contribution in [0.25, 0.3) is 0 Å². The molecule has 0 aliphatic rings. The van der Waals surface area contributed by atoms with E-state index >= 15 is 0 Å². The van der Waals surface area contributed by atoms with E-state index in [4.69, 9.17) is 9.26 Å². The fraction of sp³-hybridized carbons (Fsp3) is 0.417. The Morgan fingerprint density at radius 1 is 1.22 bits per heavy atom. The van der Waals surface area contributed by atoms with E-state index in [1.807, 2.05) is 6.07 Å². The van der Waals surface area contributed by atoms with Crippen LogP contribution in [0.5, 0.6) is 5.75 Å². The highest BCUT2D eigenvalue weighted by atomic mass is 31.1. The van der Waals surface area contributed by atoms with Gasteiger partial charge >= 0.3 is 14.1 Å². The van der Waals surface area contributed by atoms with Crippen molar-refractivity contribution in [1.29, 1.82) is 0 Å². The fourth-order valence-corrected chi connectivity index (χ4v) is 2.08. The molecule has 1 rings (SSSR count). The van der Waals surface area contributed by atoms with Crippen molar-refractivity contribution in [2.24, 2.45) is 0 Å². The van der Waals surface area contributed by atoms with Crippen molar-refractivity contribution in [2.75, 3.05) is 0 Å². The third kappa shape index (κ3) is 5.34. The van der Waals surface area contributed by atoms with Crippen LogP contribution < -0.4 is 9.61 Å². The number of hydrogen-bond acceptors (Lipinski definition) is 4. The van der Waals surface area contributed by atoms with Crippen LogP contribution in [0.4, 0.5) is 0 Å². The van der Waals surface area contributed by atoms with Crippen molar-refractivity contribution in [3.05, 3.63) is 30.3 Å². The highest BCUT2D eigenvalue weighted by Crippen LogP contribution is 2.23. The second-order valence-corrected chi connectivity index (χ2v) is 5.12. The molecule has 18 heavy (non-hydrogen) atoms. The minimum atomic E-state index is -2.52. The monoisotopic (exact) mass is 271 g/mol. The lowest BCUT2D eigenvalue weighted by molar-refractivity contribution is -0.148. The summed E-state index contributed by atoms with van der Waals surface area (Å²) in [4.78, 5) is 11.5. The predicted octanol–water partition coefficient (Wildman–Crippen LogP) is 2.38. The summed E-state index contributed by atoms with van der Waals surface area (Å²) in [7, 11) is -2.52. The fourth-order valence-electron chi connectivity index (χ4n) is 1.20. The maximum atomic E-state index is 11.7. The molecule has 1 aromatic rings. The van der Waals surface area contributed by atoms with Crippen LogP contribution in [0.1, 0.15) is 20.8 Å². The summed E-state index contributed by atoms with van der Waals surface area (Å²) in [5, 5.41) is 2.58. The van der Waals surface area contributed by atoms with E-state index < -0.39 is 20.2 Å². The lowest BCUT2D eigenvalue weighted by atomic mass is 10.3. The highest BCUT2D eigenvalue weighted by molar-refractivity contribution is 7.37. The number of para-hydroxylation sites is 1. The van der Waals surface area contributed by atoms with E-state index in [2.05, 4.69) is 5.09 Å². The Labute approximate surface area is 107 Å². The number of carbonyl (C=O) groups is 1. The third-order valence-corrected chi connectivity index (χ3v) is 3.08. The van der Waals surface area contributed by atoms with Gasteiger partial charge in [-0.3, -0.25) is 9.36 Å². The van der Waals surface area contributed by atoms with Crippen LogP contribution in [0.3, 0.4) is 0 Å². The molecule has 0 fully saturated rings. The van der Waals surface area contributed by atoms with Gasteiger partial charge in [0.2, 0.25) is 0 Å². The summed E-state index contributed by atoms with van der Waals surface area (Å²) < 4.78 is 21.8. The van der Waals surface area contributed by atoms with Crippen LogP contribution in [0.2, 0.25) is 0 Å². The lowest BCUT2D eigenvalue weighted by Crippen LogP contribution is -2.33. The van der Waals surface area contributed by atoms with Crippen LogP contribution in [-0.4, -0.2) is 18.1 Å². The number of esters is 1. The Bertz CT molecular complexity index is 408. The van der Waals surface area contributed by atoms with Gasteiger partial charge in [0.1, 0.15) is 11.8 Å². The maximum Gasteiger partial charge on any atom is 0.323 e. The zero-order chi connectivity index (χ0) is 13.5. The predicted molar refractivity (Wildman–Crippen MR) is 69.9 cm³/mol. The van der Waals surface area contributed by atoms with Crippen molar-refractivity contribution >= 4 is 14.1 Å². The minimum absolute atomic E-state index is 0.195. The molecule has 0 bridgehead atoms. The number of benzene rings is 1. The van der Waals surface area contributed by atoms with Crippen LogP contribution in [-0.2, 0) is 14.1 Å². The zero-order valence-electron chi connectivity index (χ0n) is 10.7. The Kier molecular flexibility index (Phi) is 5.89. The van der Waals surface area contributed by atoms with Crippen LogP contribution in [0.15, 0.2) is 30.3 Å². The largest absolute Gasteiger partial charge is 0.462 e. The molecule has 2 atom stereocenters. The molecule has 0 saturated carbocycles. The quantitative estimate of drug-likeness (QED) is 0.635. The number of hydrogen-bond donors (Lipinski definition) is 1. The summed E-state index contributed by atoms with van der Waals surface area (Å²) in [6, 6.07) is 8.12. The molecule has 0 spiro atoms. The molecule has 1 N–H and O–H groups in total. The highest BCUT2D eigenvalue weighted by Gasteiger charge is 2.18. The first kappa shape index (κ1) is 14.7. The van der Waals surface area contributed by atoms with Crippen molar-refractivity contribution in [3.8, 4) is 5.75 Å². The van der Waals surface area contributed by atoms with E-state index in [1.54, 1.807) is 45.0 Å². The molecule has 0 aliphatic heterocycles. The smallest absolute Gasteiger partial charge is 0.323 e. The molecule has 1 unspecified atom stereocenters. The first-order valence-electron chi connectivity index (χ1n) is 5.73.